The number of hydrogen-bond acceptors (Lipinski definition) is 3. The Kier molecular flexibility index (Phi) is 5.14. The summed E-state index contributed by atoms with van der Waals surface area (Å²) in [5.41, 5.74) is 6.76. The summed E-state index contributed by atoms with van der Waals surface area (Å²) in [6.45, 7) is 15.4. The highest BCUT2D eigenvalue weighted by molar-refractivity contribution is 4.98. The van der Waals surface area contributed by atoms with Gasteiger partial charge in [-0.15, -0.1) is 0 Å². The maximum absolute atomic E-state index is 6.51. The van der Waals surface area contributed by atoms with E-state index in [1.807, 2.05) is 0 Å². The van der Waals surface area contributed by atoms with Gasteiger partial charge in [-0.3, -0.25) is 9.80 Å². The molecule has 0 amide bonds. The van der Waals surface area contributed by atoms with Gasteiger partial charge in [0.15, 0.2) is 0 Å². The minimum Gasteiger partial charge on any atom is -0.326 e. The zero-order valence-electron chi connectivity index (χ0n) is 14.2. The minimum absolute atomic E-state index is 0.251. The summed E-state index contributed by atoms with van der Waals surface area (Å²) in [6, 6.07) is 2.18. The third-order valence-corrected chi connectivity index (χ3v) is 5.36. The molecule has 2 rings (SSSR count). The van der Waals surface area contributed by atoms with Crippen LogP contribution in [-0.2, 0) is 0 Å². The highest BCUT2D eigenvalue weighted by Gasteiger charge is 2.41. The van der Waals surface area contributed by atoms with Crippen LogP contribution in [0.25, 0.3) is 0 Å². The van der Waals surface area contributed by atoms with Crippen molar-refractivity contribution in [3.05, 3.63) is 0 Å². The summed E-state index contributed by atoms with van der Waals surface area (Å²) < 4.78 is 0. The first-order valence-electron chi connectivity index (χ1n) is 8.60. The SMILES string of the molecule is CCC(N)C(N1CC2CCCCN2CC1C)C(C)(C)C. The van der Waals surface area contributed by atoms with Crippen LogP contribution in [0.1, 0.15) is 60.3 Å². The first-order chi connectivity index (χ1) is 9.34. The zero-order chi connectivity index (χ0) is 14.9. The van der Waals surface area contributed by atoms with E-state index in [2.05, 4.69) is 44.4 Å². The van der Waals surface area contributed by atoms with Crippen LogP contribution in [0.5, 0.6) is 0 Å². The summed E-state index contributed by atoms with van der Waals surface area (Å²) in [7, 11) is 0. The molecule has 4 unspecified atom stereocenters. The fourth-order valence-corrected chi connectivity index (χ4v) is 4.37. The maximum atomic E-state index is 6.51. The van der Waals surface area contributed by atoms with Crippen molar-refractivity contribution in [1.82, 2.24) is 9.80 Å². The molecule has 2 saturated heterocycles. The van der Waals surface area contributed by atoms with Crippen LogP contribution in [0.15, 0.2) is 0 Å². The standard InChI is InChI=1S/C17H35N3/c1-6-15(18)16(17(3,4)5)20-12-14-9-7-8-10-19(14)11-13(20)2/h13-16H,6-12,18H2,1-5H3. The Morgan fingerprint density at radius 3 is 2.50 bits per heavy atom. The van der Waals surface area contributed by atoms with E-state index in [1.54, 1.807) is 0 Å². The van der Waals surface area contributed by atoms with Gasteiger partial charge >= 0.3 is 0 Å². The molecule has 4 atom stereocenters. The molecule has 0 aromatic rings. The summed E-state index contributed by atoms with van der Waals surface area (Å²) in [5, 5.41) is 0. The number of piperazine rings is 1. The van der Waals surface area contributed by atoms with Crippen LogP contribution < -0.4 is 5.73 Å². The van der Waals surface area contributed by atoms with Gasteiger partial charge in [-0.25, -0.2) is 0 Å². The summed E-state index contributed by atoms with van der Waals surface area (Å²) >= 11 is 0. The molecule has 0 radical (unpaired) electrons. The molecule has 0 spiro atoms. The predicted octanol–water partition coefficient (Wildman–Crippen LogP) is 2.70. The Morgan fingerprint density at radius 2 is 1.90 bits per heavy atom. The first kappa shape index (κ1) is 16.3. The normalized spacial score (nSPS) is 32.7. The summed E-state index contributed by atoms with van der Waals surface area (Å²) in [5.74, 6) is 0. The number of rotatable bonds is 3. The lowest BCUT2D eigenvalue weighted by Gasteiger charge is -2.54. The molecule has 0 aliphatic carbocycles. The predicted molar refractivity (Wildman–Crippen MR) is 86.9 cm³/mol. The van der Waals surface area contributed by atoms with Crippen molar-refractivity contribution in [2.75, 3.05) is 19.6 Å². The Hall–Kier alpha value is -0.120. The van der Waals surface area contributed by atoms with Crippen LogP contribution in [0.3, 0.4) is 0 Å². The molecule has 118 valence electrons. The van der Waals surface area contributed by atoms with Crippen molar-refractivity contribution >= 4 is 0 Å². The van der Waals surface area contributed by atoms with Crippen molar-refractivity contribution in [2.45, 2.75) is 84.5 Å². The second-order valence-electron chi connectivity index (χ2n) is 8.07. The molecule has 3 nitrogen and oxygen atoms in total. The van der Waals surface area contributed by atoms with Gasteiger partial charge in [0.25, 0.3) is 0 Å². The van der Waals surface area contributed by atoms with Crippen molar-refractivity contribution in [2.24, 2.45) is 11.1 Å². The Bertz CT molecular complexity index is 310. The fourth-order valence-electron chi connectivity index (χ4n) is 4.37. The number of piperidine rings is 1. The molecule has 3 heteroatoms. The van der Waals surface area contributed by atoms with Crippen molar-refractivity contribution in [3.63, 3.8) is 0 Å². The average molecular weight is 281 g/mol. The first-order valence-corrected chi connectivity index (χ1v) is 8.60. The number of nitrogens with two attached hydrogens (primary N) is 1. The second-order valence-corrected chi connectivity index (χ2v) is 8.07. The third-order valence-electron chi connectivity index (χ3n) is 5.36. The van der Waals surface area contributed by atoms with Crippen LogP contribution >= 0.6 is 0 Å². The lowest BCUT2D eigenvalue weighted by atomic mass is 9.79. The molecule has 2 fully saturated rings. The van der Waals surface area contributed by atoms with E-state index in [-0.39, 0.29) is 11.5 Å². The summed E-state index contributed by atoms with van der Waals surface area (Å²) in [4.78, 5) is 5.46. The second kappa shape index (κ2) is 6.33. The molecule has 0 aromatic carbocycles. The van der Waals surface area contributed by atoms with Crippen LogP contribution in [0.4, 0.5) is 0 Å². The van der Waals surface area contributed by atoms with Gasteiger partial charge in [-0.05, 0) is 38.1 Å². The van der Waals surface area contributed by atoms with Crippen LogP contribution in [-0.4, -0.2) is 53.6 Å². The van der Waals surface area contributed by atoms with Gasteiger partial charge in [0, 0.05) is 37.3 Å². The van der Waals surface area contributed by atoms with Crippen molar-refractivity contribution < 1.29 is 0 Å². The molecule has 20 heavy (non-hydrogen) atoms. The molecule has 0 saturated carbocycles. The Morgan fingerprint density at radius 1 is 1.20 bits per heavy atom. The monoisotopic (exact) mass is 281 g/mol. The molecular formula is C17H35N3. The minimum atomic E-state index is 0.251. The van der Waals surface area contributed by atoms with Gasteiger partial charge < -0.3 is 5.73 Å². The van der Waals surface area contributed by atoms with E-state index in [4.69, 9.17) is 5.73 Å². The highest BCUT2D eigenvalue weighted by Crippen LogP contribution is 2.33. The number of fused-ring (bicyclic) bond motifs is 1. The third kappa shape index (κ3) is 3.37. The molecular weight excluding hydrogens is 246 g/mol. The van der Waals surface area contributed by atoms with E-state index >= 15 is 0 Å². The van der Waals surface area contributed by atoms with Gasteiger partial charge in [-0.1, -0.05) is 34.1 Å². The molecule has 2 heterocycles. The average Bonchev–Trinajstić information content (AvgIpc) is 2.37. The van der Waals surface area contributed by atoms with Gasteiger partial charge in [-0.2, -0.15) is 0 Å². The molecule has 0 aromatic heterocycles. The summed E-state index contributed by atoms with van der Waals surface area (Å²) in [6.07, 6.45) is 5.24. The van der Waals surface area contributed by atoms with E-state index in [1.165, 1.54) is 38.9 Å². The Balaban J connectivity index is 2.15. The molecule has 2 aliphatic heterocycles. The smallest absolute Gasteiger partial charge is 0.0299 e. The largest absolute Gasteiger partial charge is 0.326 e. The van der Waals surface area contributed by atoms with Crippen molar-refractivity contribution in [3.8, 4) is 0 Å². The number of hydrogen-bond donors (Lipinski definition) is 1. The van der Waals surface area contributed by atoms with Crippen molar-refractivity contribution in [1.29, 1.82) is 0 Å². The number of nitrogens with zero attached hydrogens (tertiary/aromatic N) is 2. The Labute approximate surface area is 125 Å². The molecule has 2 aliphatic rings. The van der Waals surface area contributed by atoms with Gasteiger partial charge in [0.05, 0.1) is 0 Å². The van der Waals surface area contributed by atoms with Gasteiger partial charge in [0.1, 0.15) is 0 Å². The van der Waals surface area contributed by atoms with Crippen LogP contribution in [0, 0.1) is 5.41 Å². The molecule has 2 N–H and O–H groups in total. The van der Waals surface area contributed by atoms with E-state index in [0.29, 0.717) is 12.1 Å². The lowest BCUT2D eigenvalue weighted by Crippen LogP contribution is -2.66. The van der Waals surface area contributed by atoms with Crippen LogP contribution in [0.2, 0.25) is 0 Å². The van der Waals surface area contributed by atoms with Gasteiger partial charge in [0.2, 0.25) is 0 Å². The van der Waals surface area contributed by atoms with E-state index in [0.717, 1.165) is 12.5 Å². The topological polar surface area (TPSA) is 32.5 Å². The lowest BCUT2D eigenvalue weighted by molar-refractivity contribution is -0.0426. The zero-order valence-corrected chi connectivity index (χ0v) is 14.2. The fraction of sp³-hybridized carbons (Fsp3) is 1.00. The quantitative estimate of drug-likeness (QED) is 0.863. The molecule has 0 bridgehead atoms. The highest BCUT2D eigenvalue weighted by atomic mass is 15.3. The van der Waals surface area contributed by atoms with E-state index < -0.39 is 0 Å². The van der Waals surface area contributed by atoms with E-state index in [9.17, 15) is 0 Å². The maximum Gasteiger partial charge on any atom is 0.0299 e.